The van der Waals surface area contributed by atoms with Crippen molar-refractivity contribution in [1.82, 2.24) is 15.0 Å². The summed E-state index contributed by atoms with van der Waals surface area (Å²) in [5.74, 6) is -0.337. The lowest BCUT2D eigenvalue weighted by Crippen LogP contribution is -2.03. The first-order valence-corrected chi connectivity index (χ1v) is 8.33. The molecule has 0 spiro atoms. The molecule has 0 bridgehead atoms. The molecular weight excluding hydrogens is 373 g/mol. The van der Waals surface area contributed by atoms with E-state index in [2.05, 4.69) is 15.0 Å². The molecule has 2 aromatic heterocycles. The Kier molecular flexibility index (Phi) is 4.16. The number of methoxy groups -OCH3 is 1. The second kappa shape index (κ2) is 6.51. The minimum absolute atomic E-state index is 0.0176. The van der Waals surface area contributed by atoms with Crippen LogP contribution in [-0.2, 0) is 4.79 Å². The molecule has 136 valence electrons. The van der Waals surface area contributed by atoms with Crippen LogP contribution in [-0.4, -0.2) is 28.0 Å². The maximum Gasteiger partial charge on any atom is 0.308 e. The third-order valence-corrected chi connectivity index (χ3v) is 4.44. The molecular formula is C19H13ClFN3O3. The topological polar surface area (TPSA) is 77.1 Å². The molecule has 0 aliphatic carbocycles. The van der Waals surface area contributed by atoms with Crippen molar-refractivity contribution in [3.8, 4) is 22.8 Å². The SMILES string of the molecule is COc1cc2ncnc(-c3c[nH]c4cc(F)c(Cl)cc34)c2cc1OC(C)=O. The highest BCUT2D eigenvalue weighted by atomic mass is 35.5. The summed E-state index contributed by atoms with van der Waals surface area (Å²) < 4.78 is 24.3. The summed E-state index contributed by atoms with van der Waals surface area (Å²) >= 11 is 5.95. The largest absolute Gasteiger partial charge is 0.493 e. The molecule has 0 aliphatic heterocycles. The fourth-order valence-corrected chi connectivity index (χ4v) is 3.15. The van der Waals surface area contributed by atoms with E-state index in [-0.39, 0.29) is 10.8 Å². The monoisotopic (exact) mass is 385 g/mol. The Bertz CT molecular complexity index is 1210. The molecule has 1 N–H and O–H groups in total. The van der Waals surface area contributed by atoms with Gasteiger partial charge in [-0.1, -0.05) is 11.6 Å². The van der Waals surface area contributed by atoms with Crippen molar-refractivity contribution < 1.29 is 18.7 Å². The van der Waals surface area contributed by atoms with Crippen molar-refractivity contribution in [2.75, 3.05) is 7.11 Å². The van der Waals surface area contributed by atoms with E-state index < -0.39 is 11.8 Å². The van der Waals surface area contributed by atoms with Crippen LogP contribution in [0, 0.1) is 5.82 Å². The molecule has 2 aromatic carbocycles. The number of esters is 1. The molecule has 0 fully saturated rings. The first-order valence-electron chi connectivity index (χ1n) is 7.95. The molecule has 8 heteroatoms. The smallest absolute Gasteiger partial charge is 0.308 e. The number of carbonyl (C=O) groups excluding carboxylic acids is 1. The number of hydrogen-bond donors (Lipinski definition) is 1. The number of rotatable bonds is 3. The van der Waals surface area contributed by atoms with Gasteiger partial charge in [0.15, 0.2) is 11.5 Å². The van der Waals surface area contributed by atoms with Crippen LogP contribution in [0.1, 0.15) is 6.92 Å². The van der Waals surface area contributed by atoms with Crippen molar-refractivity contribution in [1.29, 1.82) is 0 Å². The van der Waals surface area contributed by atoms with Gasteiger partial charge in [0.2, 0.25) is 0 Å². The summed E-state index contributed by atoms with van der Waals surface area (Å²) in [6.45, 7) is 1.31. The molecule has 0 saturated heterocycles. The normalized spacial score (nSPS) is 11.1. The highest BCUT2D eigenvalue weighted by Crippen LogP contribution is 2.38. The average Bonchev–Trinajstić information content (AvgIpc) is 3.03. The second-order valence-electron chi connectivity index (χ2n) is 5.85. The number of hydrogen-bond acceptors (Lipinski definition) is 5. The third-order valence-electron chi connectivity index (χ3n) is 4.15. The highest BCUT2D eigenvalue weighted by molar-refractivity contribution is 6.31. The first-order chi connectivity index (χ1) is 13.0. The zero-order chi connectivity index (χ0) is 19.1. The molecule has 0 saturated carbocycles. The number of fused-ring (bicyclic) bond motifs is 2. The number of H-pyrrole nitrogens is 1. The Balaban J connectivity index is 1.99. The Morgan fingerprint density at radius 2 is 1.96 bits per heavy atom. The number of aromatic amines is 1. The van der Waals surface area contributed by atoms with Gasteiger partial charge in [0.1, 0.15) is 12.1 Å². The molecule has 0 amide bonds. The third kappa shape index (κ3) is 2.96. The van der Waals surface area contributed by atoms with Crippen molar-refractivity contribution >= 4 is 39.4 Å². The molecule has 4 aromatic rings. The maximum atomic E-state index is 13.7. The zero-order valence-electron chi connectivity index (χ0n) is 14.3. The Labute approximate surface area is 157 Å². The van der Waals surface area contributed by atoms with Crippen LogP contribution >= 0.6 is 11.6 Å². The van der Waals surface area contributed by atoms with Gasteiger partial charge in [0.25, 0.3) is 0 Å². The van der Waals surface area contributed by atoms with Gasteiger partial charge in [-0.2, -0.15) is 0 Å². The summed E-state index contributed by atoms with van der Waals surface area (Å²) in [6, 6.07) is 6.19. The van der Waals surface area contributed by atoms with Gasteiger partial charge < -0.3 is 14.5 Å². The lowest BCUT2D eigenvalue weighted by atomic mass is 10.0. The van der Waals surface area contributed by atoms with Crippen LogP contribution in [0.3, 0.4) is 0 Å². The minimum Gasteiger partial charge on any atom is -0.493 e. The lowest BCUT2D eigenvalue weighted by Gasteiger charge is -2.11. The van der Waals surface area contributed by atoms with E-state index in [0.29, 0.717) is 33.2 Å². The molecule has 6 nitrogen and oxygen atoms in total. The molecule has 0 aliphatic rings. The van der Waals surface area contributed by atoms with Crippen molar-refractivity contribution in [3.63, 3.8) is 0 Å². The van der Waals surface area contributed by atoms with Gasteiger partial charge in [-0.15, -0.1) is 0 Å². The minimum atomic E-state index is -0.507. The molecule has 0 unspecified atom stereocenters. The highest BCUT2D eigenvalue weighted by Gasteiger charge is 2.17. The van der Waals surface area contributed by atoms with E-state index in [1.54, 1.807) is 24.4 Å². The first kappa shape index (κ1) is 17.2. The van der Waals surface area contributed by atoms with Gasteiger partial charge in [-0.25, -0.2) is 14.4 Å². The summed E-state index contributed by atoms with van der Waals surface area (Å²) in [5, 5.41) is 1.38. The van der Waals surface area contributed by atoms with Gasteiger partial charge >= 0.3 is 5.97 Å². The van der Waals surface area contributed by atoms with Crippen LogP contribution < -0.4 is 9.47 Å². The van der Waals surface area contributed by atoms with Crippen LogP contribution in [0.2, 0.25) is 5.02 Å². The average molecular weight is 386 g/mol. The number of benzene rings is 2. The van der Waals surface area contributed by atoms with Gasteiger partial charge in [0, 0.05) is 41.0 Å². The van der Waals surface area contributed by atoms with Gasteiger partial charge in [0.05, 0.1) is 23.3 Å². The predicted octanol–water partition coefficient (Wildman–Crippen LogP) is 4.50. The van der Waals surface area contributed by atoms with E-state index >= 15 is 0 Å². The summed E-state index contributed by atoms with van der Waals surface area (Å²) in [7, 11) is 1.48. The van der Waals surface area contributed by atoms with Crippen molar-refractivity contribution in [2.45, 2.75) is 6.92 Å². The number of carbonyl (C=O) groups is 1. The lowest BCUT2D eigenvalue weighted by molar-refractivity contribution is -0.132. The van der Waals surface area contributed by atoms with Gasteiger partial charge in [-0.05, 0) is 18.2 Å². The second-order valence-corrected chi connectivity index (χ2v) is 6.26. The van der Waals surface area contributed by atoms with Crippen LogP contribution in [0.25, 0.3) is 33.1 Å². The fourth-order valence-electron chi connectivity index (χ4n) is 2.99. The summed E-state index contributed by atoms with van der Waals surface area (Å²) in [6.07, 6.45) is 3.14. The fraction of sp³-hybridized carbons (Fsp3) is 0.105. The van der Waals surface area contributed by atoms with E-state index in [1.807, 2.05) is 0 Å². The van der Waals surface area contributed by atoms with Gasteiger partial charge in [-0.3, -0.25) is 4.79 Å². The van der Waals surface area contributed by atoms with E-state index in [0.717, 1.165) is 5.56 Å². The van der Waals surface area contributed by atoms with E-state index in [9.17, 15) is 9.18 Å². The van der Waals surface area contributed by atoms with Crippen molar-refractivity contribution in [3.05, 3.63) is 47.6 Å². The Morgan fingerprint density at radius 3 is 2.70 bits per heavy atom. The Morgan fingerprint density at radius 1 is 1.15 bits per heavy atom. The maximum absolute atomic E-state index is 13.7. The summed E-state index contributed by atoms with van der Waals surface area (Å²) in [4.78, 5) is 23.1. The summed E-state index contributed by atoms with van der Waals surface area (Å²) in [5.41, 5.74) is 2.51. The number of nitrogens with zero attached hydrogens (tertiary/aromatic N) is 2. The number of ether oxygens (including phenoxy) is 2. The molecule has 0 radical (unpaired) electrons. The Hall–Kier alpha value is -3.19. The standard InChI is InChI=1S/C19H13ClFN3O3/c1-9(25)27-18-4-11-16(6-17(18)26-2)23-8-24-19(11)12-7-22-15-5-14(21)13(20)3-10(12)15/h3-8,22H,1-2H3. The number of halogens is 2. The molecule has 27 heavy (non-hydrogen) atoms. The molecule has 0 atom stereocenters. The van der Waals surface area contributed by atoms with Crippen LogP contribution in [0.4, 0.5) is 4.39 Å². The number of nitrogens with one attached hydrogen (secondary N) is 1. The number of aromatic nitrogens is 3. The zero-order valence-corrected chi connectivity index (χ0v) is 15.1. The van der Waals surface area contributed by atoms with Crippen LogP contribution in [0.5, 0.6) is 11.5 Å². The molecule has 2 heterocycles. The molecule has 4 rings (SSSR count). The quantitative estimate of drug-likeness (QED) is 0.415. The van der Waals surface area contributed by atoms with Crippen LogP contribution in [0.15, 0.2) is 36.8 Å². The van der Waals surface area contributed by atoms with E-state index in [4.69, 9.17) is 21.1 Å². The van der Waals surface area contributed by atoms with E-state index in [1.165, 1.54) is 26.4 Å². The predicted molar refractivity (Wildman–Crippen MR) is 99.7 cm³/mol. The van der Waals surface area contributed by atoms with Crippen molar-refractivity contribution in [2.24, 2.45) is 0 Å².